The topological polar surface area (TPSA) is 74.2 Å². The molecule has 0 radical (unpaired) electrons. The number of halogens is 1. The average molecular weight is 465 g/mol. The molecule has 0 aliphatic heterocycles. The van der Waals surface area contributed by atoms with Gasteiger partial charge in [-0.15, -0.1) is 11.6 Å². The lowest BCUT2D eigenvalue weighted by Crippen LogP contribution is -2.22. The van der Waals surface area contributed by atoms with Gasteiger partial charge in [0.25, 0.3) is 0 Å². The number of hydrogen-bond donors (Lipinski definition) is 1. The van der Waals surface area contributed by atoms with Gasteiger partial charge < -0.3 is 24.1 Å². The van der Waals surface area contributed by atoms with Crippen molar-refractivity contribution in [1.82, 2.24) is 0 Å². The summed E-state index contributed by atoms with van der Waals surface area (Å²) in [6.07, 6.45) is -0.654. The summed E-state index contributed by atoms with van der Waals surface area (Å²) < 4.78 is 21.3. The second-order valence-electron chi connectivity index (χ2n) is 8.23. The summed E-state index contributed by atoms with van der Waals surface area (Å²) in [5.74, 6) is 1.40. The Balaban J connectivity index is 1.96. The Morgan fingerprint density at radius 2 is 1.41 bits per heavy atom. The molecule has 32 heavy (non-hydrogen) atoms. The molecule has 1 unspecified atom stereocenters. The van der Waals surface area contributed by atoms with Crippen LogP contribution in [0.5, 0.6) is 11.5 Å². The molecule has 0 aliphatic rings. The number of alkyl halides is 1. The third kappa shape index (κ3) is 8.01. The van der Waals surface area contributed by atoms with Gasteiger partial charge in [0.2, 0.25) is 0 Å². The smallest absolute Gasteiger partial charge is 0.302 e. The van der Waals surface area contributed by atoms with E-state index in [1.165, 1.54) is 6.92 Å². The molecule has 0 bridgehead atoms. The molecular formula is C25H33ClO6. The van der Waals surface area contributed by atoms with Crippen molar-refractivity contribution in [3.63, 3.8) is 0 Å². The van der Waals surface area contributed by atoms with Gasteiger partial charge in [0, 0.05) is 31.2 Å². The first-order chi connectivity index (χ1) is 15.3. The van der Waals surface area contributed by atoms with Gasteiger partial charge in [0.15, 0.2) is 0 Å². The summed E-state index contributed by atoms with van der Waals surface area (Å²) in [4.78, 5) is 11.0. The highest BCUT2D eigenvalue weighted by molar-refractivity contribution is 6.18. The first-order valence-electron chi connectivity index (χ1n) is 10.6. The van der Waals surface area contributed by atoms with Gasteiger partial charge in [0.1, 0.15) is 24.2 Å². The highest BCUT2D eigenvalue weighted by Gasteiger charge is 2.23. The molecule has 6 nitrogen and oxygen atoms in total. The summed E-state index contributed by atoms with van der Waals surface area (Å²) in [7, 11) is 1.54. The Bertz CT molecular complexity index is 819. The lowest BCUT2D eigenvalue weighted by molar-refractivity contribution is -0.142. The zero-order valence-corrected chi connectivity index (χ0v) is 19.9. The van der Waals surface area contributed by atoms with E-state index < -0.39 is 6.10 Å². The molecule has 0 spiro atoms. The molecule has 2 aromatic carbocycles. The number of esters is 1. The van der Waals surface area contributed by atoms with E-state index in [0.29, 0.717) is 18.2 Å². The summed E-state index contributed by atoms with van der Waals surface area (Å²) in [6.45, 7) is 6.73. The van der Waals surface area contributed by atoms with Gasteiger partial charge in [-0.05, 0) is 35.4 Å². The van der Waals surface area contributed by atoms with Crippen LogP contribution < -0.4 is 9.47 Å². The molecule has 1 N–H and O–H groups in total. The number of benzene rings is 2. The molecule has 176 valence electrons. The maximum atomic E-state index is 11.0. The zero-order chi connectivity index (χ0) is 23.6. The number of hydrogen-bond acceptors (Lipinski definition) is 6. The van der Waals surface area contributed by atoms with Gasteiger partial charge >= 0.3 is 5.97 Å². The first kappa shape index (κ1) is 26.0. The van der Waals surface area contributed by atoms with Crippen LogP contribution in [0.25, 0.3) is 0 Å². The first-order valence-corrected chi connectivity index (χ1v) is 11.1. The van der Waals surface area contributed by atoms with E-state index >= 15 is 0 Å². The van der Waals surface area contributed by atoms with Crippen molar-refractivity contribution < 1.29 is 28.8 Å². The molecule has 0 aliphatic carbocycles. The van der Waals surface area contributed by atoms with Crippen LogP contribution in [0.3, 0.4) is 0 Å². The van der Waals surface area contributed by atoms with Gasteiger partial charge in [-0.1, -0.05) is 38.1 Å². The number of rotatable bonds is 13. The van der Waals surface area contributed by atoms with E-state index in [1.54, 1.807) is 7.11 Å². The maximum absolute atomic E-state index is 11.0. The lowest BCUT2D eigenvalue weighted by Gasteiger charge is -2.26. The van der Waals surface area contributed by atoms with E-state index in [-0.39, 0.29) is 37.1 Å². The summed E-state index contributed by atoms with van der Waals surface area (Å²) >= 11 is 5.93. The molecule has 0 saturated heterocycles. The highest BCUT2D eigenvalue weighted by atomic mass is 35.5. The van der Waals surface area contributed by atoms with Crippen LogP contribution >= 0.6 is 11.6 Å². The minimum absolute atomic E-state index is 0.0620. The van der Waals surface area contributed by atoms with Crippen molar-refractivity contribution in [3.8, 4) is 11.5 Å². The standard InChI is InChI=1S/C25H33ClO6/c1-18(27)30-14-19(13-26)15-31-23-9-5-20(6-10-23)25(2,3)21-7-11-24(12-8-21)32-17-22(28)16-29-4/h5-12,19,22,28H,13-17H2,1-4H3/t19-,22?/m1/s1. The Kier molecular flexibility index (Phi) is 10.3. The average Bonchev–Trinajstić information content (AvgIpc) is 2.78. The summed E-state index contributed by atoms with van der Waals surface area (Å²) in [5, 5.41) is 9.71. The number of aliphatic hydroxyl groups is 1. The summed E-state index contributed by atoms with van der Waals surface area (Å²) in [6, 6.07) is 15.8. The van der Waals surface area contributed by atoms with Crippen molar-refractivity contribution in [2.75, 3.05) is 39.4 Å². The van der Waals surface area contributed by atoms with Crippen molar-refractivity contribution in [2.45, 2.75) is 32.3 Å². The predicted octanol–water partition coefficient (Wildman–Crippen LogP) is 4.20. The second kappa shape index (κ2) is 12.7. The monoisotopic (exact) mass is 464 g/mol. The molecule has 0 heterocycles. The lowest BCUT2D eigenvalue weighted by atomic mass is 9.78. The second-order valence-corrected chi connectivity index (χ2v) is 8.54. The number of methoxy groups -OCH3 is 1. The van der Waals surface area contributed by atoms with Crippen LogP contribution in [0, 0.1) is 5.92 Å². The van der Waals surface area contributed by atoms with Gasteiger partial charge in [-0.2, -0.15) is 0 Å². The van der Waals surface area contributed by atoms with E-state index in [0.717, 1.165) is 16.9 Å². The van der Waals surface area contributed by atoms with Crippen LogP contribution in [0.1, 0.15) is 31.9 Å². The fourth-order valence-electron chi connectivity index (χ4n) is 3.12. The Labute approximate surface area is 195 Å². The highest BCUT2D eigenvalue weighted by Crippen LogP contribution is 2.33. The largest absolute Gasteiger partial charge is 0.493 e. The predicted molar refractivity (Wildman–Crippen MR) is 125 cm³/mol. The van der Waals surface area contributed by atoms with E-state index in [2.05, 4.69) is 13.8 Å². The van der Waals surface area contributed by atoms with E-state index in [9.17, 15) is 9.90 Å². The summed E-state index contributed by atoms with van der Waals surface area (Å²) in [5.41, 5.74) is 2.06. The molecular weight excluding hydrogens is 432 g/mol. The van der Waals surface area contributed by atoms with Crippen LogP contribution in [0.15, 0.2) is 48.5 Å². The zero-order valence-electron chi connectivity index (χ0n) is 19.2. The molecule has 0 fully saturated rings. The fraction of sp³-hybridized carbons (Fsp3) is 0.480. The SMILES string of the molecule is COCC(O)COc1ccc(C(C)(C)c2ccc(OC[C@H](CCl)COC(C)=O)cc2)cc1. The van der Waals surface area contributed by atoms with Gasteiger partial charge in [-0.3, -0.25) is 4.79 Å². The number of ether oxygens (including phenoxy) is 4. The maximum Gasteiger partial charge on any atom is 0.302 e. The number of carbonyl (C=O) groups is 1. The third-order valence-corrected chi connectivity index (χ3v) is 5.62. The molecule has 2 rings (SSSR count). The van der Waals surface area contributed by atoms with Crippen molar-refractivity contribution in [1.29, 1.82) is 0 Å². The molecule has 0 saturated carbocycles. The van der Waals surface area contributed by atoms with Crippen molar-refractivity contribution in [3.05, 3.63) is 59.7 Å². The quantitative estimate of drug-likeness (QED) is 0.354. The van der Waals surface area contributed by atoms with Gasteiger partial charge in [-0.25, -0.2) is 0 Å². The number of carbonyl (C=O) groups excluding carboxylic acids is 1. The molecule has 2 atom stereocenters. The van der Waals surface area contributed by atoms with Crippen LogP contribution in [-0.2, 0) is 19.7 Å². The Morgan fingerprint density at radius 3 is 1.84 bits per heavy atom. The van der Waals surface area contributed by atoms with Crippen LogP contribution in [0.4, 0.5) is 0 Å². The minimum Gasteiger partial charge on any atom is -0.493 e. The van der Waals surface area contributed by atoms with Gasteiger partial charge in [0.05, 0.1) is 19.8 Å². The van der Waals surface area contributed by atoms with Crippen LogP contribution in [-0.4, -0.2) is 56.6 Å². The third-order valence-electron chi connectivity index (χ3n) is 5.18. The fourth-order valence-corrected chi connectivity index (χ4v) is 3.30. The van der Waals surface area contributed by atoms with E-state index in [4.69, 9.17) is 30.5 Å². The molecule has 0 aromatic heterocycles. The van der Waals surface area contributed by atoms with E-state index in [1.807, 2.05) is 48.5 Å². The Morgan fingerprint density at radius 1 is 0.906 bits per heavy atom. The normalized spacial score (nSPS) is 13.3. The molecule has 2 aromatic rings. The molecule has 7 heteroatoms. The van der Waals surface area contributed by atoms with Crippen molar-refractivity contribution >= 4 is 17.6 Å². The Hall–Kier alpha value is -2.28. The minimum atomic E-state index is -0.654. The van der Waals surface area contributed by atoms with Crippen LogP contribution in [0.2, 0.25) is 0 Å². The van der Waals surface area contributed by atoms with Crippen molar-refractivity contribution in [2.24, 2.45) is 5.92 Å². The molecule has 0 amide bonds. The number of aliphatic hydroxyl groups excluding tert-OH is 1.